The highest BCUT2D eigenvalue weighted by Gasteiger charge is 2.40. The summed E-state index contributed by atoms with van der Waals surface area (Å²) in [5.74, 6) is -1.49. The highest BCUT2D eigenvalue weighted by molar-refractivity contribution is 6.00. The molecule has 3 aliphatic rings. The number of nitrogens with zero attached hydrogens (tertiary/aromatic N) is 2. The average molecular weight is 905 g/mol. The average Bonchev–Trinajstić information content (AvgIpc) is 4.01. The third kappa shape index (κ3) is 11.4. The van der Waals surface area contributed by atoms with E-state index in [1.54, 1.807) is 9.80 Å². The molecule has 0 spiro atoms. The molecule has 66 heavy (non-hydrogen) atoms. The Morgan fingerprint density at radius 2 is 1.03 bits per heavy atom. The van der Waals surface area contributed by atoms with E-state index in [-0.39, 0.29) is 46.8 Å². The predicted molar refractivity (Wildman–Crippen MR) is 256 cm³/mol. The summed E-state index contributed by atoms with van der Waals surface area (Å²) in [6.07, 6.45) is 3.78. The largest absolute Gasteiger partial charge is 0.453 e. The number of hydrogen-bond donors (Lipinski definition) is 4. The topological polar surface area (TPSA) is 175 Å². The summed E-state index contributed by atoms with van der Waals surface area (Å²) in [4.78, 5) is 81.8. The third-order valence-corrected chi connectivity index (χ3v) is 13.2. The van der Waals surface area contributed by atoms with Gasteiger partial charge in [-0.1, -0.05) is 97.0 Å². The summed E-state index contributed by atoms with van der Waals surface area (Å²) in [7, 11) is 2.51. The van der Waals surface area contributed by atoms with Crippen molar-refractivity contribution < 1.29 is 38.2 Å². The van der Waals surface area contributed by atoms with E-state index in [1.807, 2.05) is 64.1 Å². The highest BCUT2D eigenvalue weighted by atomic mass is 16.5. The fourth-order valence-corrected chi connectivity index (χ4v) is 9.50. The lowest BCUT2D eigenvalue weighted by Crippen LogP contribution is -2.54. The maximum absolute atomic E-state index is 13.7. The summed E-state index contributed by atoms with van der Waals surface area (Å²) >= 11 is 0. The number of carbonyl (C=O) groups is 6. The number of anilines is 2. The van der Waals surface area contributed by atoms with Crippen molar-refractivity contribution in [3.63, 3.8) is 0 Å². The molecular weight excluding hydrogens is 837 g/mol. The molecule has 2 heterocycles. The van der Waals surface area contributed by atoms with Gasteiger partial charge in [0.1, 0.15) is 24.2 Å². The molecule has 14 nitrogen and oxygen atoms in total. The van der Waals surface area contributed by atoms with Crippen LogP contribution in [0.25, 0.3) is 11.1 Å². The van der Waals surface area contributed by atoms with Gasteiger partial charge in [0.15, 0.2) is 0 Å². The number of hydrogen-bond acceptors (Lipinski definition) is 8. The Morgan fingerprint density at radius 1 is 0.591 bits per heavy atom. The minimum atomic E-state index is -0.815. The Kier molecular flexibility index (Phi) is 16.0. The second kappa shape index (κ2) is 21.4. The van der Waals surface area contributed by atoms with E-state index in [4.69, 9.17) is 9.47 Å². The molecule has 3 aromatic rings. The first-order valence-corrected chi connectivity index (χ1v) is 23.4. The quantitative estimate of drug-likeness (QED) is 0.132. The predicted octanol–water partition coefficient (Wildman–Crippen LogP) is 8.48. The smallest absolute Gasteiger partial charge is 0.407 e. The monoisotopic (exact) mass is 905 g/mol. The molecule has 2 saturated heterocycles. The summed E-state index contributed by atoms with van der Waals surface area (Å²) in [5, 5.41) is 11.4. The Labute approximate surface area is 389 Å². The van der Waals surface area contributed by atoms with Crippen molar-refractivity contribution in [3.8, 4) is 0 Å². The van der Waals surface area contributed by atoms with Crippen LogP contribution in [-0.2, 0) is 34.1 Å². The van der Waals surface area contributed by atoms with Crippen LogP contribution in [0.5, 0.6) is 0 Å². The zero-order valence-corrected chi connectivity index (χ0v) is 40.0. The number of carbonyl (C=O) groups excluding carboxylic acids is 6. The van der Waals surface area contributed by atoms with Crippen LogP contribution in [0.15, 0.2) is 72.8 Å². The van der Waals surface area contributed by atoms with Crippen LogP contribution in [0.4, 0.5) is 21.0 Å². The van der Waals surface area contributed by atoms with Crippen molar-refractivity contribution in [1.82, 2.24) is 20.4 Å². The highest BCUT2D eigenvalue weighted by Crippen LogP contribution is 2.47. The second-order valence-corrected chi connectivity index (χ2v) is 19.4. The molecule has 5 atom stereocenters. The third-order valence-electron chi connectivity index (χ3n) is 13.2. The van der Waals surface area contributed by atoms with Crippen LogP contribution in [0.1, 0.15) is 122 Å². The molecule has 4 N–H and O–H groups in total. The molecular formula is C52H68N6O8. The molecule has 2 fully saturated rings. The number of alkyl carbamates (subject to hydrolysis) is 2. The fraction of sp³-hybridized carbons (Fsp3) is 0.500. The first-order valence-electron chi connectivity index (χ1n) is 23.4. The summed E-state index contributed by atoms with van der Waals surface area (Å²) in [6.45, 7) is 14.8. The van der Waals surface area contributed by atoms with Gasteiger partial charge in [0.2, 0.25) is 23.6 Å². The van der Waals surface area contributed by atoms with E-state index in [0.29, 0.717) is 50.1 Å². The fourth-order valence-electron chi connectivity index (χ4n) is 9.50. The van der Waals surface area contributed by atoms with Crippen LogP contribution >= 0.6 is 0 Å². The van der Waals surface area contributed by atoms with Crippen LogP contribution in [0.2, 0.25) is 0 Å². The zero-order valence-electron chi connectivity index (χ0n) is 40.0. The molecule has 0 saturated carbocycles. The first-order chi connectivity index (χ1) is 31.4. The van der Waals surface area contributed by atoms with E-state index in [1.165, 1.54) is 30.9 Å². The van der Waals surface area contributed by atoms with Crippen molar-refractivity contribution in [3.05, 3.63) is 95.1 Å². The van der Waals surface area contributed by atoms with Crippen molar-refractivity contribution in [2.75, 3.05) is 37.9 Å². The van der Waals surface area contributed by atoms with Crippen molar-refractivity contribution in [2.24, 2.45) is 11.8 Å². The maximum atomic E-state index is 13.7. The van der Waals surface area contributed by atoms with E-state index in [9.17, 15) is 28.8 Å². The van der Waals surface area contributed by atoms with Gasteiger partial charge in [-0.2, -0.15) is 0 Å². The molecule has 1 aliphatic carbocycles. The van der Waals surface area contributed by atoms with Gasteiger partial charge in [0.05, 0.1) is 14.2 Å². The standard InChI is InChI=1S/C52H68N6O8/c1-31(2)44(55-50(63)65-8)48(61)57-29-11-15-41(57)46(59)53-37-25-19-33(20-26-37)39-13-10-14-40(43(39)35-17-23-36(24-18-35)52(5,6)7)34-21-27-38(28-22-34)54-47(60)42-16-12-30-58(42)49(62)45(32(3)4)56-51(64)66-9/h17-28,31-32,39,41-42,44-45H,10-16,29-30H2,1-9H3,(H,53,59)(H,54,60)(H,55,63)(H,56,64)/t39?,41-,42-,44-,45-/m0/s1. The number of amides is 6. The molecule has 2 aliphatic heterocycles. The molecule has 0 radical (unpaired) electrons. The SMILES string of the molecule is COC(=O)N[C@H](C(=O)N1CCC[C@H]1C(=O)Nc1ccc(C2=C(c3ccc(C(C)(C)C)cc3)C(c3ccc(NC(=O)[C@@H]4CCCN4C(=O)[C@@H](NC(=O)OC)C(C)C)cc3)CCC2)cc1)C(C)C. The number of ether oxygens (including phenoxy) is 2. The van der Waals surface area contributed by atoms with Crippen LogP contribution in [0.3, 0.4) is 0 Å². The first kappa shape index (κ1) is 49.3. The van der Waals surface area contributed by atoms with Crippen molar-refractivity contribution >= 4 is 58.3 Å². The summed E-state index contributed by atoms with van der Waals surface area (Å²) in [6, 6.07) is 21.8. The number of allylic oxidation sites excluding steroid dienone is 2. The van der Waals surface area contributed by atoms with Crippen molar-refractivity contribution in [2.45, 2.75) is 129 Å². The second-order valence-electron chi connectivity index (χ2n) is 19.4. The van der Waals surface area contributed by atoms with Gasteiger partial charge in [-0.05, 0) is 120 Å². The van der Waals surface area contributed by atoms with E-state index in [2.05, 4.69) is 78.4 Å². The van der Waals surface area contributed by atoms with Gasteiger partial charge in [-0.3, -0.25) is 19.2 Å². The Hall–Kier alpha value is -6.18. The lowest BCUT2D eigenvalue weighted by atomic mass is 9.73. The van der Waals surface area contributed by atoms with Crippen LogP contribution < -0.4 is 21.3 Å². The van der Waals surface area contributed by atoms with E-state index in [0.717, 1.165) is 36.0 Å². The molecule has 14 heteroatoms. The van der Waals surface area contributed by atoms with Gasteiger partial charge in [-0.25, -0.2) is 9.59 Å². The van der Waals surface area contributed by atoms with Crippen molar-refractivity contribution in [1.29, 1.82) is 0 Å². The molecule has 6 rings (SSSR count). The molecule has 0 aromatic heterocycles. The number of benzene rings is 3. The van der Waals surface area contributed by atoms with Gasteiger partial charge in [0, 0.05) is 30.4 Å². The van der Waals surface area contributed by atoms with Crippen LogP contribution in [0, 0.1) is 11.8 Å². The number of nitrogens with one attached hydrogen (secondary N) is 4. The lowest BCUT2D eigenvalue weighted by molar-refractivity contribution is -0.139. The van der Waals surface area contributed by atoms with Gasteiger partial charge in [-0.15, -0.1) is 0 Å². The maximum Gasteiger partial charge on any atom is 0.407 e. The van der Waals surface area contributed by atoms with Gasteiger partial charge >= 0.3 is 12.2 Å². The summed E-state index contributed by atoms with van der Waals surface area (Å²) in [5.41, 5.74) is 8.25. The lowest BCUT2D eigenvalue weighted by Gasteiger charge is -2.31. The molecule has 6 amide bonds. The Morgan fingerprint density at radius 3 is 1.45 bits per heavy atom. The summed E-state index contributed by atoms with van der Waals surface area (Å²) < 4.78 is 9.50. The molecule has 3 aromatic carbocycles. The normalized spacial score (nSPS) is 19.6. The molecule has 0 bridgehead atoms. The van der Waals surface area contributed by atoms with Gasteiger partial charge < -0.3 is 40.5 Å². The minimum Gasteiger partial charge on any atom is -0.453 e. The van der Waals surface area contributed by atoms with Crippen LogP contribution in [-0.4, -0.2) is 97.1 Å². The Bertz CT molecular complexity index is 2260. The van der Waals surface area contributed by atoms with E-state index < -0.39 is 36.4 Å². The Balaban J connectivity index is 1.22. The molecule has 1 unspecified atom stereocenters. The number of rotatable bonds is 13. The minimum absolute atomic E-state index is 0.0139. The van der Waals surface area contributed by atoms with E-state index >= 15 is 0 Å². The molecule has 354 valence electrons. The number of likely N-dealkylation sites (tertiary alicyclic amines) is 2. The number of methoxy groups -OCH3 is 2. The van der Waals surface area contributed by atoms with Gasteiger partial charge in [0.25, 0.3) is 0 Å². The zero-order chi connectivity index (χ0) is 47.9.